The molecule has 9 heteroatoms. The van der Waals surface area contributed by atoms with Crippen LogP contribution in [0.15, 0.2) is 89.4 Å². The summed E-state index contributed by atoms with van der Waals surface area (Å²) in [5.74, 6) is 0.0731. The van der Waals surface area contributed by atoms with Gasteiger partial charge in [-0.15, -0.1) is 0 Å². The van der Waals surface area contributed by atoms with E-state index in [-0.39, 0.29) is 6.54 Å². The maximum Gasteiger partial charge on any atom is 0.229 e. The van der Waals surface area contributed by atoms with Gasteiger partial charge in [0.2, 0.25) is 10.0 Å². The summed E-state index contributed by atoms with van der Waals surface area (Å²) in [6.07, 6.45) is 1.09. The van der Waals surface area contributed by atoms with E-state index in [1.54, 1.807) is 19.1 Å². The Hall–Kier alpha value is -3.43. The molecule has 0 saturated heterocycles. The zero-order valence-electron chi connectivity index (χ0n) is 20.2. The number of anilines is 2. The van der Waals surface area contributed by atoms with Crippen LogP contribution in [-0.2, 0) is 23.1 Å². The molecule has 4 rings (SSSR count). The van der Waals surface area contributed by atoms with E-state index >= 15 is 0 Å². The molecule has 0 radical (unpaired) electrons. The summed E-state index contributed by atoms with van der Waals surface area (Å²) in [5, 5.41) is 0. The van der Waals surface area contributed by atoms with Gasteiger partial charge in [-0.05, 0) is 72.6 Å². The van der Waals surface area contributed by atoms with Gasteiger partial charge in [0.15, 0.2) is 0 Å². The van der Waals surface area contributed by atoms with Gasteiger partial charge in [-0.1, -0.05) is 40.2 Å². The molecule has 0 saturated carbocycles. The van der Waals surface area contributed by atoms with Crippen LogP contribution in [0.25, 0.3) is 0 Å². The molecule has 0 heterocycles. The summed E-state index contributed by atoms with van der Waals surface area (Å²) in [6.45, 7) is 2.33. The fourth-order valence-corrected chi connectivity index (χ4v) is 4.77. The van der Waals surface area contributed by atoms with Crippen molar-refractivity contribution in [3.63, 3.8) is 0 Å². The van der Waals surface area contributed by atoms with Crippen molar-refractivity contribution < 1.29 is 21.9 Å². The lowest BCUT2D eigenvalue weighted by atomic mass is 10.1. The van der Waals surface area contributed by atoms with E-state index in [1.807, 2.05) is 59.5 Å². The molecule has 0 amide bonds. The zero-order chi connectivity index (χ0) is 26.6. The monoisotopic (exact) mass is 586 g/mol. The van der Waals surface area contributed by atoms with Crippen LogP contribution in [-0.4, -0.2) is 14.7 Å². The van der Waals surface area contributed by atoms with Crippen molar-refractivity contribution in [1.29, 1.82) is 0 Å². The average molecular weight is 587 g/mol. The third kappa shape index (κ3) is 7.30. The van der Waals surface area contributed by atoms with Gasteiger partial charge in [0.25, 0.3) is 0 Å². The minimum absolute atomic E-state index is 0.145. The lowest BCUT2D eigenvalue weighted by molar-refractivity contribution is 0.482. The van der Waals surface area contributed by atoms with Gasteiger partial charge < -0.3 is 9.64 Å². The number of benzene rings is 4. The minimum atomic E-state index is -3.49. The Labute approximate surface area is 223 Å². The molecular formula is C28H25BrF2N2O3S. The van der Waals surface area contributed by atoms with E-state index in [0.717, 1.165) is 22.4 Å². The van der Waals surface area contributed by atoms with Gasteiger partial charge in [0, 0.05) is 34.9 Å². The normalized spacial score (nSPS) is 11.3. The molecule has 4 aromatic carbocycles. The molecular weight excluding hydrogens is 562 g/mol. The molecule has 0 spiro atoms. The first-order valence-electron chi connectivity index (χ1n) is 11.4. The summed E-state index contributed by atoms with van der Waals surface area (Å²) < 4.78 is 61.2. The maximum atomic E-state index is 14.6. The molecule has 0 aliphatic rings. The number of ether oxygens (including phenoxy) is 1. The number of halogens is 3. The van der Waals surface area contributed by atoms with Crippen molar-refractivity contribution in [2.24, 2.45) is 0 Å². The minimum Gasteiger partial charge on any atom is -0.457 e. The molecule has 0 aliphatic carbocycles. The van der Waals surface area contributed by atoms with Crippen LogP contribution in [0.3, 0.4) is 0 Å². The Bertz CT molecular complexity index is 1500. The second-order valence-corrected chi connectivity index (χ2v) is 11.3. The first kappa shape index (κ1) is 26.6. The summed E-state index contributed by atoms with van der Waals surface area (Å²) >= 11 is 3.40. The highest BCUT2D eigenvalue weighted by atomic mass is 79.9. The highest BCUT2D eigenvalue weighted by molar-refractivity contribution is 9.10. The molecule has 37 heavy (non-hydrogen) atoms. The van der Waals surface area contributed by atoms with Gasteiger partial charge in [-0.3, -0.25) is 4.72 Å². The van der Waals surface area contributed by atoms with Crippen molar-refractivity contribution in [3.8, 4) is 11.5 Å². The van der Waals surface area contributed by atoms with Crippen LogP contribution < -0.4 is 14.4 Å². The van der Waals surface area contributed by atoms with Crippen molar-refractivity contribution in [1.82, 2.24) is 0 Å². The van der Waals surface area contributed by atoms with E-state index < -0.39 is 21.7 Å². The van der Waals surface area contributed by atoms with E-state index in [4.69, 9.17) is 4.74 Å². The Kier molecular flexibility index (Phi) is 8.14. The van der Waals surface area contributed by atoms with Gasteiger partial charge in [0.05, 0.1) is 11.9 Å². The fourth-order valence-electron chi connectivity index (χ4n) is 3.88. The number of nitrogens with one attached hydrogen (secondary N) is 1. The average Bonchev–Trinajstić information content (AvgIpc) is 2.83. The molecule has 0 bridgehead atoms. The quantitative estimate of drug-likeness (QED) is 0.222. The van der Waals surface area contributed by atoms with Gasteiger partial charge in [-0.25, -0.2) is 17.2 Å². The summed E-state index contributed by atoms with van der Waals surface area (Å²) in [4.78, 5) is 1.92. The largest absolute Gasteiger partial charge is 0.457 e. The molecule has 1 N–H and O–H groups in total. The van der Waals surface area contributed by atoms with Gasteiger partial charge in [-0.2, -0.15) is 0 Å². The lowest BCUT2D eigenvalue weighted by Gasteiger charge is -2.28. The second-order valence-electron chi connectivity index (χ2n) is 8.62. The number of hydrogen-bond donors (Lipinski definition) is 1. The van der Waals surface area contributed by atoms with Crippen LogP contribution in [0, 0.1) is 18.6 Å². The molecule has 5 nitrogen and oxygen atoms in total. The van der Waals surface area contributed by atoms with Gasteiger partial charge in [0.1, 0.15) is 23.1 Å². The van der Waals surface area contributed by atoms with E-state index in [2.05, 4.69) is 20.7 Å². The molecule has 0 aromatic heterocycles. The summed E-state index contributed by atoms with van der Waals surface area (Å²) in [6, 6.07) is 23.8. The maximum absolute atomic E-state index is 14.6. The van der Waals surface area contributed by atoms with Crippen LogP contribution >= 0.6 is 15.9 Å². The number of rotatable bonds is 9. The Morgan fingerprint density at radius 3 is 2.16 bits per heavy atom. The molecule has 0 atom stereocenters. The summed E-state index contributed by atoms with van der Waals surface area (Å²) in [5.41, 5.74) is 3.07. The zero-order valence-corrected chi connectivity index (χ0v) is 22.6. The molecule has 0 unspecified atom stereocenters. The molecule has 0 aliphatic heterocycles. The topological polar surface area (TPSA) is 58.6 Å². The Balaban J connectivity index is 1.63. The number of sulfonamides is 1. The molecule has 4 aromatic rings. The van der Waals surface area contributed by atoms with Crippen LogP contribution in [0.4, 0.5) is 20.2 Å². The SMILES string of the molecule is Cc1c(NS(C)(=O)=O)cccc1N(Cc1ccc(Oc2ccc(Br)cc2)cc1)Cc1ccc(F)cc1F. The van der Waals surface area contributed by atoms with E-state index in [0.29, 0.717) is 40.5 Å². The predicted octanol–water partition coefficient (Wildman–Crippen LogP) is 7.41. The van der Waals surface area contributed by atoms with Crippen molar-refractivity contribution in [2.45, 2.75) is 20.0 Å². The first-order valence-corrected chi connectivity index (χ1v) is 14.0. The lowest BCUT2D eigenvalue weighted by Crippen LogP contribution is -2.24. The van der Waals surface area contributed by atoms with Crippen molar-refractivity contribution in [3.05, 3.63) is 118 Å². The summed E-state index contributed by atoms with van der Waals surface area (Å²) in [7, 11) is -3.49. The van der Waals surface area contributed by atoms with Gasteiger partial charge >= 0.3 is 0 Å². The predicted molar refractivity (Wildman–Crippen MR) is 147 cm³/mol. The standard InChI is InChI=1S/C28H25BrF2N2O3S/c1-19-27(32-37(2,34)35)4-3-5-28(19)33(18-21-8-11-23(30)16-26(21)31)17-20-6-12-24(13-7-20)36-25-14-9-22(29)10-15-25/h3-16,32H,17-18H2,1-2H3. The smallest absolute Gasteiger partial charge is 0.229 e. The van der Waals surface area contributed by atoms with E-state index in [9.17, 15) is 17.2 Å². The first-order chi connectivity index (χ1) is 17.6. The van der Waals surface area contributed by atoms with Crippen molar-refractivity contribution in [2.75, 3.05) is 15.9 Å². The molecule has 0 fully saturated rings. The Morgan fingerprint density at radius 2 is 1.54 bits per heavy atom. The van der Waals surface area contributed by atoms with E-state index in [1.165, 1.54) is 12.1 Å². The Morgan fingerprint density at radius 1 is 0.892 bits per heavy atom. The highest BCUT2D eigenvalue weighted by Crippen LogP contribution is 2.31. The second kappa shape index (κ2) is 11.3. The highest BCUT2D eigenvalue weighted by Gasteiger charge is 2.17. The number of hydrogen-bond acceptors (Lipinski definition) is 4. The number of nitrogens with zero attached hydrogens (tertiary/aromatic N) is 1. The fraction of sp³-hybridized carbons (Fsp3) is 0.143. The molecule has 192 valence electrons. The van der Waals surface area contributed by atoms with Crippen LogP contribution in [0.2, 0.25) is 0 Å². The van der Waals surface area contributed by atoms with Crippen molar-refractivity contribution >= 4 is 37.3 Å². The third-order valence-electron chi connectivity index (χ3n) is 5.66. The van der Waals surface area contributed by atoms with Crippen LogP contribution in [0.5, 0.6) is 11.5 Å². The third-order valence-corrected chi connectivity index (χ3v) is 6.78. The van der Waals surface area contributed by atoms with Crippen LogP contribution in [0.1, 0.15) is 16.7 Å².